The fraction of sp³-hybridized carbons (Fsp3) is 0.122. The van der Waals surface area contributed by atoms with Crippen LogP contribution in [0.4, 0.5) is 0 Å². The summed E-state index contributed by atoms with van der Waals surface area (Å²) in [5.41, 5.74) is 12.3. The van der Waals surface area contributed by atoms with Crippen molar-refractivity contribution >= 4 is 0 Å². The van der Waals surface area contributed by atoms with Crippen molar-refractivity contribution in [2.45, 2.75) is 31.1 Å². The van der Waals surface area contributed by atoms with Crippen LogP contribution < -0.4 is 0 Å². The van der Waals surface area contributed by atoms with Crippen molar-refractivity contribution in [3.05, 3.63) is 156 Å². The van der Waals surface area contributed by atoms with Gasteiger partial charge in [-0.1, -0.05) is 133 Å². The Kier molecular flexibility index (Phi) is 5.97. The number of fused-ring (bicyclic) bond motifs is 4. The van der Waals surface area contributed by atoms with E-state index in [1.165, 1.54) is 22.3 Å². The summed E-state index contributed by atoms with van der Waals surface area (Å²) in [4.78, 5) is 0. The molecule has 208 valence electrons. The highest BCUT2D eigenvalue weighted by molar-refractivity contribution is 5.81. The SMILES string of the molecule is Oc1c(-c2ccc(-c3ccccc3)cc2)ccc2c1C1(CC2)CCc2ccc(-c3ccc(-c4ccccc4)cc3)c(O)c21. The highest BCUT2D eigenvalue weighted by Gasteiger charge is 2.49. The van der Waals surface area contributed by atoms with Gasteiger partial charge in [0.15, 0.2) is 0 Å². The molecule has 6 aromatic carbocycles. The minimum Gasteiger partial charge on any atom is -0.507 e. The normalized spacial score (nSPS) is 14.5. The lowest BCUT2D eigenvalue weighted by atomic mass is 9.74. The Labute approximate surface area is 252 Å². The number of phenolic OH excluding ortho intramolecular Hbond substituents is 2. The summed E-state index contributed by atoms with van der Waals surface area (Å²) in [5.74, 6) is 0.708. The van der Waals surface area contributed by atoms with Crippen molar-refractivity contribution in [3.8, 4) is 56.0 Å². The molecule has 2 heteroatoms. The molecule has 0 saturated carbocycles. The Hall–Kier alpha value is -5.08. The number of hydrogen-bond acceptors (Lipinski definition) is 2. The Bertz CT molecular complexity index is 1810. The molecule has 0 aliphatic heterocycles. The van der Waals surface area contributed by atoms with E-state index in [4.69, 9.17) is 0 Å². The molecule has 0 bridgehead atoms. The molecule has 6 aromatic rings. The van der Waals surface area contributed by atoms with Crippen LogP contribution in [0.25, 0.3) is 44.5 Å². The number of aromatic hydroxyl groups is 2. The zero-order valence-electron chi connectivity index (χ0n) is 23.9. The van der Waals surface area contributed by atoms with Crippen LogP contribution in [0.2, 0.25) is 0 Å². The molecule has 0 heterocycles. The zero-order valence-corrected chi connectivity index (χ0v) is 23.9. The lowest BCUT2D eigenvalue weighted by Gasteiger charge is -2.29. The number of rotatable bonds is 4. The fourth-order valence-electron chi connectivity index (χ4n) is 7.61. The van der Waals surface area contributed by atoms with E-state index in [0.29, 0.717) is 11.5 Å². The van der Waals surface area contributed by atoms with Crippen LogP contribution in [-0.4, -0.2) is 10.2 Å². The standard InChI is InChI=1S/C41H32O2/c42-39-35(31-15-11-29(12-16-31)27-7-3-1-4-8-27)21-19-33-23-25-41(37(33)39)26-24-34-20-22-36(40(43)38(34)41)32-17-13-30(14-18-32)28-9-5-2-6-10-28/h1-22,42-43H,23-26H2. The number of aryl methyl sites for hydroxylation is 2. The molecular weight excluding hydrogens is 524 g/mol. The lowest BCUT2D eigenvalue weighted by molar-refractivity contribution is 0.418. The van der Waals surface area contributed by atoms with Gasteiger partial charge in [-0.25, -0.2) is 0 Å². The second-order valence-electron chi connectivity index (χ2n) is 12.0. The molecule has 0 amide bonds. The van der Waals surface area contributed by atoms with Crippen LogP contribution in [0, 0.1) is 0 Å². The van der Waals surface area contributed by atoms with Gasteiger partial charge in [-0.3, -0.25) is 0 Å². The average Bonchev–Trinajstić information content (AvgIpc) is 3.64. The van der Waals surface area contributed by atoms with Gasteiger partial charge in [0, 0.05) is 27.7 Å². The van der Waals surface area contributed by atoms with Crippen molar-refractivity contribution in [2.24, 2.45) is 0 Å². The monoisotopic (exact) mass is 556 g/mol. The second-order valence-corrected chi connectivity index (χ2v) is 12.0. The largest absolute Gasteiger partial charge is 0.507 e. The van der Waals surface area contributed by atoms with Gasteiger partial charge < -0.3 is 10.2 Å². The number of benzene rings is 6. The summed E-state index contributed by atoms with van der Waals surface area (Å²) in [5, 5.41) is 23.9. The summed E-state index contributed by atoms with van der Waals surface area (Å²) in [6.45, 7) is 0. The van der Waals surface area contributed by atoms with Gasteiger partial charge in [0.05, 0.1) is 0 Å². The van der Waals surface area contributed by atoms with E-state index >= 15 is 0 Å². The summed E-state index contributed by atoms with van der Waals surface area (Å²) >= 11 is 0. The van der Waals surface area contributed by atoms with Gasteiger partial charge in [0.1, 0.15) is 11.5 Å². The highest BCUT2D eigenvalue weighted by Crippen LogP contribution is 2.59. The smallest absolute Gasteiger partial charge is 0.127 e. The van der Waals surface area contributed by atoms with Gasteiger partial charge in [-0.15, -0.1) is 0 Å². The van der Waals surface area contributed by atoms with Gasteiger partial charge >= 0.3 is 0 Å². The minimum absolute atomic E-state index is 0.354. The van der Waals surface area contributed by atoms with Crippen molar-refractivity contribution in [1.29, 1.82) is 0 Å². The van der Waals surface area contributed by atoms with E-state index < -0.39 is 5.41 Å². The predicted molar refractivity (Wildman–Crippen MR) is 175 cm³/mol. The number of hydrogen-bond donors (Lipinski definition) is 2. The van der Waals surface area contributed by atoms with Gasteiger partial charge in [0.2, 0.25) is 0 Å². The van der Waals surface area contributed by atoms with Crippen LogP contribution >= 0.6 is 0 Å². The Balaban J connectivity index is 1.19. The molecular formula is C41H32O2. The molecule has 1 spiro atoms. The maximum absolute atomic E-state index is 11.9. The topological polar surface area (TPSA) is 40.5 Å². The highest BCUT2D eigenvalue weighted by atomic mass is 16.3. The molecule has 0 unspecified atom stereocenters. The van der Waals surface area contributed by atoms with Gasteiger partial charge in [-0.2, -0.15) is 0 Å². The van der Waals surface area contributed by atoms with E-state index in [1.54, 1.807) is 0 Å². The maximum Gasteiger partial charge on any atom is 0.127 e. The third kappa shape index (κ3) is 4.09. The molecule has 2 aliphatic rings. The third-order valence-corrected chi connectivity index (χ3v) is 9.73. The summed E-state index contributed by atoms with van der Waals surface area (Å²) in [7, 11) is 0. The molecule has 2 aliphatic carbocycles. The molecule has 43 heavy (non-hydrogen) atoms. The van der Waals surface area contributed by atoms with Crippen molar-refractivity contribution in [1.82, 2.24) is 0 Å². The van der Waals surface area contributed by atoms with Crippen molar-refractivity contribution in [2.75, 3.05) is 0 Å². The Morgan fingerprint density at radius 1 is 0.372 bits per heavy atom. The summed E-state index contributed by atoms with van der Waals surface area (Å²) in [6.07, 6.45) is 3.57. The average molecular weight is 557 g/mol. The van der Waals surface area contributed by atoms with Gasteiger partial charge in [0.25, 0.3) is 0 Å². The first-order valence-corrected chi connectivity index (χ1v) is 15.1. The molecule has 0 radical (unpaired) electrons. The summed E-state index contributed by atoms with van der Waals surface area (Å²) in [6, 6.07) is 46.1. The fourth-order valence-corrected chi connectivity index (χ4v) is 7.61. The van der Waals surface area contributed by atoms with E-state index in [0.717, 1.165) is 70.2 Å². The second kappa shape index (κ2) is 10.0. The van der Waals surface area contributed by atoms with Crippen LogP contribution in [0.1, 0.15) is 35.1 Å². The van der Waals surface area contributed by atoms with Gasteiger partial charge in [-0.05, 0) is 70.2 Å². The molecule has 0 aromatic heterocycles. The Morgan fingerprint density at radius 2 is 0.721 bits per heavy atom. The van der Waals surface area contributed by atoms with E-state index in [-0.39, 0.29) is 0 Å². The maximum atomic E-state index is 11.9. The third-order valence-electron chi connectivity index (χ3n) is 9.73. The lowest BCUT2D eigenvalue weighted by Crippen LogP contribution is -2.21. The van der Waals surface area contributed by atoms with E-state index in [1.807, 2.05) is 12.1 Å². The minimum atomic E-state index is -0.390. The first kappa shape index (κ1) is 25.6. The van der Waals surface area contributed by atoms with Crippen LogP contribution in [-0.2, 0) is 18.3 Å². The number of phenols is 2. The van der Waals surface area contributed by atoms with E-state index in [9.17, 15) is 10.2 Å². The quantitative estimate of drug-likeness (QED) is 0.227. The van der Waals surface area contributed by atoms with Crippen molar-refractivity contribution in [3.63, 3.8) is 0 Å². The predicted octanol–water partition coefficient (Wildman–Crippen LogP) is 9.94. The van der Waals surface area contributed by atoms with Crippen LogP contribution in [0.3, 0.4) is 0 Å². The molecule has 0 fully saturated rings. The van der Waals surface area contributed by atoms with Crippen LogP contribution in [0.15, 0.2) is 133 Å². The first-order valence-electron chi connectivity index (χ1n) is 15.1. The Morgan fingerprint density at radius 3 is 1.12 bits per heavy atom. The van der Waals surface area contributed by atoms with Crippen molar-refractivity contribution < 1.29 is 10.2 Å². The zero-order chi connectivity index (χ0) is 29.0. The molecule has 2 nitrogen and oxygen atoms in total. The van der Waals surface area contributed by atoms with E-state index in [2.05, 4.69) is 121 Å². The molecule has 0 saturated heterocycles. The van der Waals surface area contributed by atoms with Crippen LogP contribution in [0.5, 0.6) is 11.5 Å². The first-order chi connectivity index (χ1) is 21.1. The molecule has 8 rings (SSSR count). The molecule has 2 N–H and O–H groups in total. The molecule has 0 atom stereocenters. The summed E-state index contributed by atoms with van der Waals surface area (Å²) < 4.78 is 0.